The number of ether oxygens (including phenoxy) is 1. The lowest BCUT2D eigenvalue weighted by atomic mass is 9.89. The van der Waals surface area contributed by atoms with Crippen LogP contribution in [0, 0.1) is 0 Å². The van der Waals surface area contributed by atoms with E-state index in [-0.39, 0.29) is 24.0 Å². The van der Waals surface area contributed by atoms with Crippen LogP contribution in [0.2, 0.25) is 0 Å². The van der Waals surface area contributed by atoms with Crippen LogP contribution in [0.5, 0.6) is 0 Å². The third kappa shape index (κ3) is 3.39. The summed E-state index contributed by atoms with van der Waals surface area (Å²) in [4.78, 5) is 27.1. The summed E-state index contributed by atoms with van der Waals surface area (Å²) in [6, 6.07) is -0.329. The Labute approximate surface area is 127 Å². The first-order valence-corrected chi connectivity index (χ1v) is 8.25. The van der Waals surface area contributed by atoms with Crippen molar-refractivity contribution < 1.29 is 14.3 Å². The van der Waals surface area contributed by atoms with Crippen molar-refractivity contribution >= 4 is 11.8 Å². The summed E-state index contributed by atoms with van der Waals surface area (Å²) < 4.78 is 5.58. The van der Waals surface area contributed by atoms with Gasteiger partial charge in [-0.3, -0.25) is 9.59 Å². The van der Waals surface area contributed by atoms with E-state index in [9.17, 15) is 9.59 Å². The van der Waals surface area contributed by atoms with Crippen LogP contribution in [0.1, 0.15) is 59.3 Å². The molecule has 1 aliphatic heterocycles. The number of hydrogen-bond donors (Lipinski definition) is 1. The van der Waals surface area contributed by atoms with Crippen LogP contribution < -0.4 is 5.32 Å². The van der Waals surface area contributed by atoms with Crippen LogP contribution in [0.4, 0.5) is 0 Å². The van der Waals surface area contributed by atoms with E-state index in [0.717, 1.165) is 38.5 Å². The SMILES string of the molecule is CCCC1C(=O)NC2(CCCC2)C(=O)N1CCOC(C)C. The summed E-state index contributed by atoms with van der Waals surface area (Å²) >= 11 is 0. The fourth-order valence-corrected chi connectivity index (χ4v) is 3.45. The molecule has 2 aliphatic rings. The minimum atomic E-state index is -0.626. The lowest BCUT2D eigenvalue weighted by molar-refractivity contribution is -0.156. The molecule has 1 atom stereocenters. The Kier molecular flexibility index (Phi) is 5.25. The first-order chi connectivity index (χ1) is 10.00. The highest BCUT2D eigenvalue weighted by Crippen LogP contribution is 2.35. The van der Waals surface area contributed by atoms with Gasteiger partial charge in [-0.05, 0) is 33.1 Å². The number of hydrogen-bond acceptors (Lipinski definition) is 3. The zero-order valence-corrected chi connectivity index (χ0v) is 13.5. The van der Waals surface area contributed by atoms with Crippen molar-refractivity contribution in [1.29, 1.82) is 0 Å². The number of nitrogens with one attached hydrogen (secondary N) is 1. The van der Waals surface area contributed by atoms with E-state index in [2.05, 4.69) is 5.32 Å². The molecule has 1 saturated heterocycles. The second kappa shape index (κ2) is 6.77. The first kappa shape index (κ1) is 16.3. The van der Waals surface area contributed by atoms with Crippen LogP contribution in [-0.2, 0) is 14.3 Å². The van der Waals surface area contributed by atoms with Crippen molar-refractivity contribution in [2.24, 2.45) is 0 Å². The molecule has 0 aromatic rings. The predicted octanol–water partition coefficient (Wildman–Crippen LogP) is 1.85. The number of nitrogens with zero attached hydrogens (tertiary/aromatic N) is 1. The Balaban J connectivity index is 2.12. The topological polar surface area (TPSA) is 58.6 Å². The summed E-state index contributed by atoms with van der Waals surface area (Å²) in [7, 11) is 0. The number of piperazine rings is 1. The molecule has 0 aromatic heterocycles. The standard InChI is InChI=1S/C16H28N2O3/c1-4-7-13-14(19)17-16(8-5-6-9-16)15(20)18(13)10-11-21-12(2)3/h12-13H,4-11H2,1-3H3,(H,17,19). The minimum Gasteiger partial charge on any atom is -0.377 e. The highest BCUT2D eigenvalue weighted by molar-refractivity contribution is 6.00. The van der Waals surface area contributed by atoms with Gasteiger partial charge in [0.05, 0.1) is 12.7 Å². The monoisotopic (exact) mass is 296 g/mol. The average Bonchev–Trinajstić information content (AvgIpc) is 2.88. The summed E-state index contributed by atoms with van der Waals surface area (Å²) in [6.07, 6.45) is 5.33. The van der Waals surface area contributed by atoms with Gasteiger partial charge < -0.3 is 15.0 Å². The number of amides is 2. The van der Waals surface area contributed by atoms with Gasteiger partial charge in [-0.2, -0.15) is 0 Å². The lowest BCUT2D eigenvalue weighted by Crippen LogP contribution is -2.69. The van der Waals surface area contributed by atoms with E-state index in [4.69, 9.17) is 4.74 Å². The van der Waals surface area contributed by atoms with Gasteiger partial charge in [-0.1, -0.05) is 26.2 Å². The fraction of sp³-hybridized carbons (Fsp3) is 0.875. The maximum Gasteiger partial charge on any atom is 0.249 e. The van der Waals surface area contributed by atoms with Gasteiger partial charge in [-0.15, -0.1) is 0 Å². The molecular formula is C16H28N2O3. The zero-order chi connectivity index (χ0) is 15.5. The molecular weight excluding hydrogens is 268 g/mol. The van der Waals surface area contributed by atoms with E-state index in [1.807, 2.05) is 20.8 Å². The first-order valence-electron chi connectivity index (χ1n) is 8.25. The average molecular weight is 296 g/mol. The molecule has 2 amide bonds. The Hall–Kier alpha value is -1.10. The molecule has 2 fully saturated rings. The molecule has 5 heteroatoms. The van der Waals surface area contributed by atoms with Crippen molar-refractivity contribution in [1.82, 2.24) is 10.2 Å². The van der Waals surface area contributed by atoms with E-state index in [0.29, 0.717) is 13.2 Å². The molecule has 1 spiro atoms. The van der Waals surface area contributed by atoms with Gasteiger partial charge in [-0.25, -0.2) is 0 Å². The van der Waals surface area contributed by atoms with Crippen molar-refractivity contribution in [2.45, 2.75) is 77.0 Å². The van der Waals surface area contributed by atoms with E-state index in [1.54, 1.807) is 4.90 Å². The molecule has 1 aliphatic carbocycles. The number of carbonyl (C=O) groups is 2. The van der Waals surface area contributed by atoms with E-state index >= 15 is 0 Å². The molecule has 120 valence electrons. The largest absolute Gasteiger partial charge is 0.377 e. The molecule has 2 rings (SSSR count). The zero-order valence-electron chi connectivity index (χ0n) is 13.5. The van der Waals surface area contributed by atoms with Crippen molar-refractivity contribution in [3.05, 3.63) is 0 Å². The molecule has 1 saturated carbocycles. The highest BCUT2D eigenvalue weighted by Gasteiger charge is 2.51. The Morgan fingerprint density at radius 2 is 2.00 bits per heavy atom. The quantitative estimate of drug-likeness (QED) is 0.814. The van der Waals surface area contributed by atoms with Gasteiger partial charge in [0.25, 0.3) is 0 Å². The second-order valence-electron chi connectivity index (χ2n) is 6.50. The maximum atomic E-state index is 12.9. The number of rotatable bonds is 6. The van der Waals surface area contributed by atoms with Crippen LogP contribution >= 0.6 is 0 Å². The van der Waals surface area contributed by atoms with Crippen molar-refractivity contribution in [2.75, 3.05) is 13.2 Å². The summed E-state index contributed by atoms with van der Waals surface area (Å²) in [6.45, 7) is 7.00. The lowest BCUT2D eigenvalue weighted by Gasteiger charge is -2.44. The molecule has 0 bridgehead atoms. The predicted molar refractivity (Wildman–Crippen MR) is 80.8 cm³/mol. The van der Waals surface area contributed by atoms with Gasteiger partial charge >= 0.3 is 0 Å². The fourth-order valence-electron chi connectivity index (χ4n) is 3.45. The number of carbonyl (C=O) groups excluding carboxylic acids is 2. The highest BCUT2D eigenvalue weighted by atomic mass is 16.5. The summed E-state index contributed by atoms with van der Waals surface area (Å²) in [5.41, 5.74) is -0.626. The molecule has 1 heterocycles. The summed E-state index contributed by atoms with van der Waals surface area (Å²) in [5.74, 6) is 0.119. The second-order valence-corrected chi connectivity index (χ2v) is 6.50. The van der Waals surface area contributed by atoms with Crippen LogP contribution in [-0.4, -0.2) is 47.6 Å². The smallest absolute Gasteiger partial charge is 0.249 e. The van der Waals surface area contributed by atoms with E-state index in [1.165, 1.54) is 0 Å². The van der Waals surface area contributed by atoms with E-state index < -0.39 is 5.54 Å². The third-order valence-electron chi connectivity index (χ3n) is 4.51. The van der Waals surface area contributed by atoms with Crippen molar-refractivity contribution in [3.8, 4) is 0 Å². The van der Waals surface area contributed by atoms with Crippen molar-refractivity contribution in [3.63, 3.8) is 0 Å². The maximum absolute atomic E-state index is 12.9. The Bertz CT molecular complexity index is 389. The Morgan fingerprint density at radius 1 is 1.33 bits per heavy atom. The third-order valence-corrected chi connectivity index (χ3v) is 4.51. The molecule has 1 unspecified atom stereocenters. The molecule has 0 radical (unpaired) electrons. The van der Waals surface area contributed by atoms with Gasteiger partial charge in [0.15, 0.2) is 0 Å². The van der Waals surface area contributed by atoms with Gasteiger partial charge in [0.1, 0.15) is 11.6 Å². The molecule has 1 N–H and O–H groups in total. The molecule has 0 aromatic carbocycles. The summed E-state index contributed by atoms with van der Waals surface area (Å²) in [5, 5.41) is 3.03. The molecule has 5 nitrogen and oxygen atoms in total. The normalized spacial score (nSPS) is 25.0. The van der Waals surface area contributed by atoms with Crippen LogP contribution in [0.3, 0.4) is 0 Å². The van der Waals surface area contributed by atoms with Crippen LogP contribution in [0.15, 0.2) is 0 Å². The minimum absolute atomic E-state index is 0.0166. The van der Waals surface area contributed by atoms with Crippen LogP contribution in [0.25, 0.3) is 0 Å². The van der Waals surface area contributed by atoms with Gasteiger partial charge in [0.2, 0.25) is 11.8 Å². The Morgan fingerprint density at radius 3 is 2.57 bits per heavy atom. The molecule has 21 heavy (non-hydrogen) atoms. The van der Waals surface area contributed by atoms with Gasteiger partial charge in [0, 0.05) is 6.54 Å².